The van der Waals surface area contributed by atoms with E-state index in [1.54, 1.807) is 4.90 Å². The monoisotopic (exact) mass is 308 g/mol. The van der Waals surface area contributed by atoms with Crippen LogP contribution in [0.15, 0.2) is 0 Å². The minimum absolute atomic E-state index is 0.000417. The number of carboxylic acid groups (broad SMARTS) is 1. The van der Waals surface area contributed by atoms with Crippen molar-refractivity contribution in [3.05, 3.63) is 0 Å². The lowest BCUT2D eigenvalue weighted by atomic mass is 10.0. The topological polar surface area (TPSA) is 83.6 Å². The van der Waals surface area contributed by atoms with Crippen LogP contribution >= 0.6 is 0 Å². The normalized spacial score (nSPS) is 19.5. The van der Waals surface area contributed by atoms with Crippen LogP contribution in [0.2, 0.25) is 0 Å². The van der Waals surface area contributed by atoms with E-state index in [2.05, 4.69) is 5.92 Å². The molecule has 1 heterocycles. The van der Waals surface area contributed by atoms with E-state index >= 15 is 0 Å². The highest BCUT2D eigenvalue weighted by Gasteiger charge is 2.38. The van der Waals surface area contributed by atoms with E-state index in [-0.39, 0.29) is 17.9 Å². The van der Waals surface area contributed by atoms with Gasteiger partial charge in [0.25, 0.3) is 0 Å². The lowest BCUT2D eigenvalue weighted by Gasteiger charge is -2.25. The van der Waals surface area contributed by atoms with E-state index in [0.29, 0.717) is 0 Å². The first kappa shape index (κ1) is 19.2. The van der Waals surface area contributed by atoms with Gasteiger partial charge in [0.15, 0.2) is 0 Å². The van der Waals surface area contributed by atoms with Crippen LogP contribution < -0.4 is 5.73 Å². The number of carbonyl (C=O) groups excluding carboxylic acids is 1. The van der Waals surface area contributed by atoms with E-state index in [4.69, 9.17) is 22.1 Å². The first-order chi connectivity index (χ1) is 9.52. The third-order valence-electron chi connectivity index (χ3n) is 2.97. The third-order valence-corrected chi connectivity index (χ3v) is 2.97. The van der Waals surface area contributed by atoms with Crippen molar-refractivity contribution in [3.63, 3.8) is 0 Å². The smallest absolute Gasteiger partial charge is 0.475 e. The van der Waals surface area contributed by atoms with Gasteiger partial charge in [-0.15, -0.1) is 6.42 Å². The van der Waals surface area contributed by atoms with E-state index in [9.17, 15) is 18.0 Å². The van der Waals surface area contributed by atoms with Gasteiger partial charge in [-0.3, -0.25) is 4.79 Å². The zero-order valence-corrected chi connectivity index (χ0v) is 11.9. The average molecular weight is 308 g/mol. The van der Waals surface area contributed by atoms with Crippen molar-refractivity contribution >= 4 is 11.9 Å². The number of amides is 1. The minimum atomic E-state index is -5.08. The number of carboxylic acids is 1. The Bertz CT molecular complexity index is 416. The quantitative estimate of drug-likeness (QED) is 0.752. The van der Waals surface area contributed by atoms with Crippen molar-refractivity contribution in [3.8, 4) is 12.3 Å². The second-order valence-electron chi connectivity index (χ2n) is 4.93. The van der Waals surface area contributed by atoms with Crippen LogP contribution in [0.3, 0.4) is 0 Å². The molecule has 0 aromatic rings. The van der Waals surface area contributed by atoms with Crippen LogP contribution in [0.5, 0.6) is 0 Å². The van der Waals surface area contributed by atoms with Crippen LogP contribution in [-0.2, 0) is 9.59 Å². The lowest BCUT2D eigenvalue weighted by molar-refractivity contribution is -0.192. The Labute approximate surface area is 121 Å². The molecule has 2 atom stereocenters. The summed E-state index contributed by atoms with van der Waals surface area (Å²) in [5.74, 6) is 0.0498. The molecule has 1 fully saturated rings. The Balaban J connectivity index is 0.000000486. The number of likely N-dealkylation sites (tertiary alicyclic amines) is 1. The van der Waals surface area contributed by atoms with Gasteiger partial charge in [0, 0.05) is 6.54 Å². The fourth-order valence-electron chi connectivity index (χ4n) is 1.68. The van der Waals surface area contributed by atoms with Crippen molar-refractivity contribution in [2.24, 2.45) is 11.7 Å². The summed E-state index contributed by atoms with van der Waals surface area (Å²) in [5.41, 5.74) is 5.80. The first-order valence-electron chi connectivity index (χ1n) is 6.34. The predicted octanol–water partition coefficient (Wildman–Crippen LogP) is 1.23. The fourth-order valence-corrected chi connectivity index (χ4v) is 1.68. The molecule has 3 N–H and O–H groups in total. The maximum absolute atomic E-state index is 11.9. The summed E-state index contributed by atoms with van der Waals surface area (Å²) < 4.78 is 31.7. The molecule has 0 aromatic carbocycles. The van der Waals surface area contributed by atoms with Gasteiger partial charge < -0.3 is 15.7 Å². The van der Waals surface area contributed by atoms with Crippen molar-refractivity contribution < 1.29 is 27.9 Å². The Morgan fingerprint density at radius 3 is 2.24 bits per heavy atom. The minimum Gasteiger partial charge on any atom is -0.475 e. The number of rotatable bonds is 2. The highest BCUT2D eigenvalue weighted by molar-refractivity contribution is 5.82. The van der Waals surface area contributed by atoms with Gasteiger partial charge in [-0.25, -0.2) is 4.79 Å². The molecule has 0 unspecified atom stereocenters. The van der Waals surface area contributed by atoms with Gasteiger partial charge in [0.1, 0.15) is 0 Å². The third kappa shape index (κ3) is 6.04. The largest absolute Gasteiger partial charge is 0.490 e. The summed E-state index contributed by atoms with van der Waals surface area (Å²) in [6, 6.07) is -0.448. The Morgan fingerprint density at radius 1 is 1.43 bits per heavy atom. The Hall–Kier alpha value is -1.75. The summed E-state index contributed by atoms with van der Waals surface area (Å²) in [6.07, 6.45) is 2.17. The number of aliphatic carboxylic acids is 1. The second-order valence-corrected chi connectivity index (χ2v) is 4.93. The standard InChI is InChI=1S/C11H18N2O.C2HF3O2/c1-4-9-6-5-7-13(9)11(14)10(12)8(2)3;3-2(4,5)1(6)7/h1,8-10H,5-7,12H2,2-3H3;(H,6,7)/t9-,10+;/m1./s1. The van der Waals surface area contributed by atoms with Gasteiger partial charge in [-0.1, -0.05) is 19.8 Å². The maximum atomic E-state index is 11.9. The van der Waals surface area contributed by atoms with Crippen molar-refractivity contribution in [1.82, 2.24) is 4.90 Å². The van der Waals surface area contributed by atoms with Crippen LogP contribution in [0.4, 0.5) is 13.2 Å². The summed E-state index contributed by atoms with van der Waals surface area (Å²) in [7, 11) is 0. The van der Waals surface area contributed by atoms with Crippen LogP contribution in [0.25, 0.3) is 0 Å². The number of hydrogen-bond donors (Lipinski definition) is 2. The molecule has 1 aliphatic heterocycles. The first-order valence-corrected chi connectivity index (χ1v) is 6.34. The number of nitrogens with two attached hydrogens (primary N) is 1. The van der Waals surface area contributed by atoms with Crippen molar-refractivity contribution in [2.75, 3.05) is 6.54 Å². The fraction of sp³-hybridized carbons (Fsp3) is 0.692. The number of nitrogens with zero attached hydrogens (tertiary/aromatic N) is 1. The molecule has 8 heteroatoms. The molecule has 5 nitrogen and oxygen atoms in total. The molecule has 1 rings (SSSR count). The molecular weight excluding hydrogens is 289 g/mol. The summed E-state index contributed by atoms with van der Waals surface area (Å²) in [5, 5.41) is 7.12. The van der Waals surface area contributed by atoms with Gasteiger partial charge in [-0.05, 0) is 18.8 Å². The summed E-state index contributed by atoms with van der Waals surface area (Å²) in [4.78, 5) is 22.5. The van der Waals surface area contributed by atoms with Gasteiger partial charge in [0.2, 0.25) is 5.91 Å². The van der Waals surface area contributed by atoms with Gasteiger partial charge in [-0.2, -0.15) is 13.2 Å². The molecule has 1 aliphatic rings. The molecule has 1 saturated heterocycles. The van der Waals surface area contributed by atoms with E-state index in [1.165, 1.54) is 0 Å². The zero-order chi connectivity index (χ0) is 16.8. The van der Waals surface area contributed by atoms with Crippen molar-refractivity contribution in [2.45, 2.75) is 44.9 Å². The molecule has 120 valence electrons. The molecule has 1 amide bonds. The van der Waals surface area contributed by atoms with Crippen molar-refractivity contribution in [1.29, 1.82) is 0 Å². The summed E-state index contributed by atoms with van der Waals surface area (Å²) >= 11 is 0. The zero-order valence-electron chi connectivity index (χ0n) is 11.9. The molecule has 0 aromatic heterocycles. The average Bonchev–Trinajstić information content (AvgIpc) is 2.84. The van der Waals surface area contributed by atoms with Crippen LogP contribution in [-0.4, -0.2) is 46.7 Å². The van der Waals surface area contributed by atoms with E-state index < -0.39 is 18.2 Å². The highest BCUT2D eigenvalue weighted by atomic mass is 19.4. The molecule has 0 saturated carbocycles. The SMILES string of the molecule is C#C[C@@H]1CCCN1C(=O)[C@@H](N)C(C)C.O=C(O)C(F)(F)F. The summed E-state index contributed by atoms with van der Waals surface area (Å²) in [6.45, 7) is 4.65. The molecule has 0 aliphatic carbocycles. The molecule has 21 heavy (non-hydrogen) atoms. The molecule has 0 bridgehead atoms. The van der Waals surface area contributed by atoms with Gasteiger partial charge in [0.05, 0.1) is 12.1 Å². The molecular formula is C13H19F3N2O3. The number of terminal acetylenes is 1. The predicted molar refractivity (Wildman–Crippen MR) is 70.1 cm³/mol. The number of hydrogen-bond acceptors (Lipinski definition) is 3. The Kier molecular flexibility index (Phi) is 7.22. The van der Waals surface area contributed by atoms with E-state index in [0.717, 1.165) is 19.4 Å². The highest BCUT2D eigenvalue weighted by Crippen LogP contribution is 2.18. The second kappa shape index (κ2) is 7.88. The molecule has 0 radical (unpaired) electrons. The van der Waals surface area contributed by atoms with Crippen LogP contribution in [0, 0.1) is 18.3 Å². The van der Waals surface area contributed by atoms with E-state index in [1.807, 2.05) is 13.8 Å². The van der Waals surface area contributed by atoms with Gasteiger partial charge >= 0.3 is 12.1 Å². The van der Waals surface area contributed by atoms with Crippen LogP contribution in [0.1, 0.15) is 26.7 Å². The molecule has 0 spiro atoms. The number of alkyl halides is 3. The maximum Gasteiger partial charge on any atom is 0.490 e. The Morgan fingerprint density at radius 2 is 1.90 bits per heavy atom. The lowest BCUT2D eigenvalue weighted by Crippen LogP contribution is -2.48. The number of halogens is 3. The number of carbonyl (C=O) groups is 2.